The highest BCUT2D eigenvalue weighted by atomic mass is 35.5. The smallest absolute Gasteiger partial charge is 0.146 e. The van der Waals surface area contributed by atoms with Crippen LogP contribution in [0.1, 0.15) is 28.3 Å². The first kappa shape index (κ1) is 15.8. The van der Waals surface area contributed by atoms with E-state index >= 15 is 0 Å². The maximum atomic E-state index is 14.3. The van der Waals surface area contributed by atoms with Gasteiger partial charge in [-0.15, -0.1) is 0 Å². The standard InChI is InChI=1S/C17H19ClFNO/c1-10-8-12(9-11(2)17(10)21-4)16(20-3)13-6-5-7-14(18)15(13)19/h5-9,16,20H,1-4H3. The van der Waals surface area contributed by atoms with Crippen molar-refractivity contribution in [2.24, 2.45) is 0 Å². The fourth-order valence-corrected chi connectivity index (χ4v) is 2.90. The summed E-state index contributed by atoms with van der Waals surface area (Å²) in [6, 6.07) is 8.82. The van der Waals surface area contributed by atoms with Gasteiger partial charge >= 0.3 is 0 Å². The summed E-state index contributed by atoms with van der Waals surface area (Å²) >= 11 is 5.89. The molecule has 0 bridgehead atoms. The summed E-state index contributed by atoms with van der Waals surface area (Å²) in [7, 11) is 3.46. The van der Waals surface area contributed by atoms with Gasteiger partial charge in [-0.25, -0.2) is 4.39 Å². The van der Waals surface area contributed by atoms with Gasteiger partial charge in [-0.05, 0) is 43.7 Å². The lowest BCUT2D eigenvalue weighted by atomic mass is 9.94. The monoisotopic (exact) mass is 307 g/mol. The van der Waals surface area contributed by atoms with Crippen molar-refractivity contribution in [2.75, 3.05) is 14.2 Å². The molecule has 2 aromatic carbocycles. The van der Waals surface area contributed by atoms with Gasteiger partial charge in [-0.1, -0.05) is 35.9 Å². The predicted molar refractivity (Wildman–Crippen MR) is 84.8 cm³/mol. The summed E-state index contributed by atoms with van der Waals surface area (Å²) in [4.78, 5) is 0. The average Bonchev–Trinajstić information content (AvgIpc) is 2.44. The Morgan fingerprint density at radius 2 is 1.81 bits per heavy atom. The Morgan fingerprint density at radius 1 is 1.19 bits per heavy atom. The Bertz CT molecular complexity index is 634. The van der Waals surface area contributed by atoms with Gasteiger partial charge in [0.05, 0.1) is 18.2 Å². The van der Waals surface area contributed by atoms with Crippen LogP contribution in [0.2, 0.25) is 5.02 Å². The van der Waals surface area contributed by atoms with Gasteiger partial charge in [0.1, 0.15) is 11.6 Å². The number of hydrogen-bond acceptors (Lipinski definition) is 2. The lowest BCUT2D eigenvalue weighted by molar-refractivity contribution is 0.408. The molecule has 1 N–H and O–H groups in total. The fourth-order valence-electron chi connectivity index (χ4n) is 2.72. The topological polar surface area (TPSA) is 21.3 Å². The zero-order chi connectivity index (χ0) is 15.6. The van der Waals surface area contributed by atoms with Gasteiger partial charge in [0.2, 0.25) is 0 Å². The maximum absolute atomic E-state index is 14.3. The Morgan fingerprint density at radius 3 is 2.33 bits per heavy atom. The first-order valence-electron chi connectivity index (χ1n) is 6.76. The molecule has 0 aliphatic rings. The Labute approximate surface area is 129 Å². The third-order valence-corrected chi connectivity index (χ3v) is 3.89. The van der Waals surface area contributed by atoms with Crippen molar-refractivity contribution < 1.29 is 9.13 Å². The van der Waals surface area contributed by atoms with Gasteiger partial charge in [0, 0.05) is 5.56 Å². The minimum Gasteiger partial charge on any atom is -0.496 e. The number of nitrogens with one attached hydrogen (secondary N) is 1. The van der Waals surface area contributed by atoms with Crippen LogP contribution in [-0.4, -0.2) is 14.2 Å². The predicted octanol–water partition coefficient (Wildman–Crippen LogP) is 4.41. The van der Waals surface area contributed by atoms with E-state index in [0.717, 1.165) is 22.4 Å². The highest BCUT2D eigenvalue weighted by molar-refractivity contribution is 6.30. The molecule has 0 heterocycles. The molecular weight excluding hydrogens is 289 g/mol. The largest absolute Gasteiger partial charge is 0.496 e. The summed E-state index contributed by atoms with van der Waals surface area (Å²) < 4.78 is 19.7. The Hall–Kier alpha value is -1.58. The van der Waals surface area contributed by atoms with Crippen molar-refractivity contribution in [3.63, 3.8) is 0 Å². The van der Waals surface area contributed by atoms with E-state index in [1.54, 1.807) is 32.4 Å². The molecule has 2 aromatic rings. The second-order valence-corrected chi connectivity index (χ2v) is 5.46. The molecule has 0 saturated heterocycles. The number of aryl methyl sites for hydroxylation is 2. The second-order valence-electron chi connectivity index (χ2n) is 5.05. The molecule has 2 nitrogen and oxygen atoms in total. The van der Waals surface area contributed by atoms with Crippen molar-refractivity contribution in [3.05, 3.63) is 63.4 Å². The van der Waals surface area contributed by atoms with E-state index in [4.69, 9.17) is 16.3 Å². The van der Waals surface area contributed by atoms with E-state index in [-0.39, 0.29) is 16.9 Å². The quantitative estimate of drug-likeness (QED) is 0.903. The van der Waals surface area contributed by atoms with Crippen LogP contribution >= 0.6 is 11.6 Å². The van der Waals surface area contributed by atoms with Gasteiger partial charge in [-0.2, -0.15) is 0 Å². The molecule has 0 aromatic heterocycles. The number of rotatable bonds is 4. The molecule has 0 amide bonds. The van der Waals surface area contributed by atoms with Crippen LogP contribution in [0.3, 0.4) is 0 Å². The molecular formula is C17H19ClFNO. The second kappa shape index (κ2) is 6.46. The van der Waals surface area contributed by atoms with Gasteiger partial charge in [0.25, 0.3) is 0 Å². The molecule has 0 spiro atoms. The van der Waals surface area contributed by atoms with Gasteiger partial charge in [-0.3, -0.25) is 0 Å². The van der Waals surface area contributed by atoms with Crippen LogP contribution in [0.25, 0.3) is 0 Å². The molecule has 0 fully saturated rings. The number of hydrogen-bond donors (Lipinski definition) is 1. The van der Waals surface area contributed by atoms with E-state index in [1.807, 2.05) is 26.0 Å². The minimum atomic E-state index is -0.385. The van der Waals surface area contributed by atoms with E-state index < -0.39 is 0 Å². The number of ether oxygens (including phenoxy) is 1. The maximum Gasteiger partial charge on any atom is 0.146 e. The van der Waals surface area contributed by atoms with Crippen LogP contribution in [0.4, 0.5) is 4.39 Å². The molecule has 112 valence electrons. The molecule has 0 aliphatic heterocycles. The van der Waals surface area contributed by atoms with E-state index in [0.29, 0.717) is 5.56 Å². The molecule has 0 radical (unpaired) electrons. The Kier molecular flexibility index (Phi) is 4.86. The first-order valence-corrected chi connectivity index (χ1v) is 7.13. The molecule has 4 heteroatoms. The van der Waals surface area contributed by atoms with Gasteiger partial charge in [0.15, 0.2) is 0 Å². The Balaban J connectivity index is 2.54. The van der Waals surface area contributed by atoms with Crippen LogP contribution in [0, 0.1) is 19.7 Å². The summed E-state index contributed by atoms with van der Waals surface area (Å²) in [5, 5.41) is 3.29. The number of methoxy groups -OCH3 is 1. The van der Waals surface area contributed by atoms with Gasteiger partial charge < -0.3 is 10.1 Å². The van der Waals surface area contributed by atoms with Crippen LogP contribution in [-0.2, 0) is 0 Å². The van der Waals surface area contributed by atoms with Crippen molar-refractivity contribution in [3.8, 4) is 5.75 Å². The van der Waals surface area contributed by atoms with Crippen molar-refractivity contribution in [2.45, 2.75) is 19.9 Å². The molecule has 21 heavy (non-hydrogen) atoms. The molecule has 2 rings (SSSR count). The third-order valence-electron chi connectivity index (χ3n) is 3.60. The van der Waals surface area contributed by atoms with Crippen molar-refractivity contribution in [1.82, 2.24) is 5.32 Å². The highest BCUT2D eigenvalue weighted by Crippen LogP contribution is 2.32. The summed E-state index contributed by atoms with van der Waals surface area (Å²) in [6.45, 7) is 3.97. The average molecular weight is 308 g/mol. The first-order chi connectivity index (χ1) is 9.99. The molecule has 0 aliphatic carbocycles. The SMILES string of the molecule is CNC(c1cc(C)c(OC)c(C)c1)c1cccc(Cl)c1F. The summed E-state index contributed by atoms with van der Waals surface area (Å²) in [5.74, 6) is 0.477. The van der Waals surface area contributed by atoms with Crippen LogP contribution in [0.5, 0.6) is 5.75 Å². The van der Waals surface area contributed by atoms with E-state index in [1.165, 1.54) is 0 Å². The fraction of sp³-hybridized carbons (Fsp3) is 0.294. The molecule has 1 unspecified atom stereocenters. The van der Waals surface area contributed by atoms with E-state index in [9.17, 15) is 4.39 Å². The lowest BCUT2D eigenvalue weighted by Crippen LogP contribution is -2.19. The number of benzene rings is 2. The van der Waals surface area contributed by atoms with Crippen LogP contribution in [0.15, 0.2) is 30.3 Å². The van der Waals surface area contributed by atoms with E-state index in [2.05, 4.69) is 5.32 Å². The van der Waals surface area contributed by atoms with Crippen LogP contribution < -0.4 is 10.1 Å². The van der Waals surface area contributed by atoms with Crippen molar-refractivity contribution >= 4 is 11.6 Å². The minimum absolute atomic E-state index is 0.134. The molecule has 0 saturated carbocycles. The lowest BCUT2D eigenvalue weighted by Gasteiger charge is -2.21. The zero-order valence-electron chi connectivity index (χ0n) is 12.6. The normalized spacial score (nSPS) is 12.3. The molecule has 1 atom stereocenters. The summed E-state index contributed by atoms with van der Waals surface area (Å²) in [6.07, 6.45) is 0. The zero-order valence-corrected chi connectivity index (χ0v) is 13.4. The van der Waals surface area contributed by atoms with Crippen molar-refractivity contribution in [1.29, 1.82) is 0 Å². The highest BCUT2D eigenvalue weighted by Gasteiger charge is 2.19. The third kappa shape index (κ3) is 3.04. The number of halogens is 2. The summed E-state index contributed by atoms with van der Waals surface area (Å²) in [5.41, 5.74) is 3.56.